The SMILES string of the molecule is COC(=O)c1ccc2c(c1)OC1(CCN(C(=O)O)CC1)c1cccn1-2. The van der Waals surface area contributed by atoms with E-state index in [2.05, 4.69) is 4.57 Å². The van der Waals surface area contributed by atoms with Crippen LogP contribution in [0.25, 0.3) is 5.69 Å². The number of carbonyl (C=O) groups excluding carboxylic acids is 1. The van der Waals surface area contributed by atoms with Crippen molar-refractivity contribution in [3.63, 3.8) is 0 Å². The van der Waals surface area contributed by atoms with E-state index in [1.807, 2.05) is 24.4 Å². The Bertz CT molecular complexity index is 849. The number of benzene rings is 1. The standard InChI is InChI=1S/C18H18N2O5/c1-24-16(21)12-4-5-13-14(11-12)25-18(15-3-2-8-20(13)15)6-9-19(10-7-18)17(22)23/h2-5,8,11H,6-7,9-10H2,1H3,(H,22,23). The van der Waals surface area contributed by atoms with Crippen LogP contribution in [0.4, 0.5) is 4.79 Å². The highest BCUT2D eigenvalue weighted by Gasteiger charge is 2.44. The number of fused-ring (bicyclic) bond motifs is 4. The van der Waals surface area contributed by atoms with E-state index in [1.54, 1.807) is 12.1 Å². The number of hydrogen-bond donors (Lipinski definition) is 1. The highest BCUT2D eigenvalue weighted by molar-refractivity contribution is 5.90. The minimum absolute atomic E-state index is 0.409. The van der Waals surface area contributed by atoms with Crippen LogP contribution in [-0.4, -0.2) is 46.8 Å². The quantitative estimate of drug-likeness (QED) is 0.806. The van der Waals surface area contributed by atoms with Crippen LogP contribution in [0.2, 0.25) is 0 Å². The van der Waals surface area contributed by atoms with Gasteiger partial charge in [-0.15, -0.1) is 0 Å². The Labute approximate surface area is 144 Å². The van der Waals surface area contributed by atoms with E-state index in [-0.39, 0.29) is 0 Å². The van der Waals surface area contributed by atoms with Crippen LogP contribution >= 0.6 is 0 Å². The molecular formula is C18H18N2O5. The fourth-order valence-electron chi connectivity index (χ4n) is 3.68. The normalized spacial score (nSPS) is 17.4. The first kappa shape index (κ1) is 15.6. The Morgan fingerprint density at radius 1 is 1.24 bits per heavy atom. The number of piperidine rings is 1. The smallest absolute Gasteiger partial charge is 0.407 e. The number of methoxy groups -OCH3 is 1. The summed E-state index contributed by atoms with van der Waals surface area (Å²) in [5.74, 6) is 0.190. The molecule has 0 saturated carbocycles. The van der Waals surface area contributed by atoms with Gasteiger partial charge in [0, 0.05) is 32.1 Å². The van der Waals surface area contributed by atoms with Gasteiger partial charge in [-0.2, -0.15) is 0 Å². The molecule has 1 spiro atoms. The molecule has 0 unspecified atom stereocenters. The van der Waals surface area contributed by atoms with Gasteiger partial charge in [0.1, 0.15) is 5.75 Å². The zero-order valence-electron chi connectivity index (χ0n) is 13.8. The molecule has 1 amide bonds. The Balaban J connectivity index is 1.74. The molecule has 3 heterocycles. The Kier molecular flexibility index (Phi) is 3.45. The summed E-state index contributed by atoms with van der Waals surface area (Å²) in [5, 5.41) is 9.19. The number of likely N-dealkylation sites (tertiary alicyclic amines) is 1. The number of carbonyl (C=O) groups is 2. The Hall–Kier alpha value is -2.96. The lowest BCUT2D eigenvalue weighted by Crippen LogP contribution is -2.49. The second-order valence-electron chi connectivity index (χ2n) is 6.30. The van der Waals surface area contributed by atoms with Crippen LogP contribution in [0, 0.1) is 0 Å². The molecule has 0 bridgehead atoms. The lowest BCUT2D eigenvalue weighted by Gasteiger charge is -2.44. The number of nitrogens with zero attached hydrogens (tertiary/aromatic N) is 2. The molecule has 0 atom stereocenters. The topological polar surface area (TPSA) is 81.0 Å². The second kappa shape index (κ2) is 5.54. The molecule has 130 valence electrons. The van der Waals surface area contributed by atoms with E-state index < -0.39 is 17.7 Å². The summed E-state index contributed by atoms with van der Waals surface area (Å²) in [6.07, 6.45) is 2.17. The molecule has 1 aromatic heterocycles. The molecule has 7 heteroatoms. The Morgan fingerprint density at radius 3 is 2.68 bits per heavy atom. The molecule has 2 aliphatic rings. The largest absolute Gasteiger partial charge is 0.479 e. The molecule has 2 aromatic rings. The van der Waals surface area contributed by atoms with Gasteiger partial charge >= 0.3 is 12.1 Å². The highest BCUT2D eigenvalue weighted by Crippen LogP contribution is 2.45. The Morgan fingerprint density at radius 2 is 2.00 bits per heavy atom. The van der Waals surface area contributed by atoms with Gasteiger partial charge in [-0.1, -0.05) is 0 Å². The monoisotopic (exact) mass is 342 g/mol. The van der Waals surface area contributed by atoms with E-state index in [1.165, 1.54) is 12.0 Å². The number of aromatic nitrogens is 1. The van der Waals surface area contributed by atoms with E-state index in [0.29, 0.717) is 37.2 Å². The van der Waals surface area contributed by atoms with Crippen molar-refractivity contribution in [2.45, 2.75) is 18.4 Å². The minimum atomic E-state index is -0.908. The zero-order chi connectivity index (χ0) is 17.6. The summed E-state index contributed by atoms with van der Waals surface area (Å²) < 4.78 is 13.2. The number of amides is 1. The zero-order valence-corrected chi connectivity index (χ0v) is 13.8. The molecule has 0 aliphatic carbocycles. The number of hydrogen-bond acceptors (Lipinski definition) is 4. The number of rotatable bonds is 1. The summed E-state index contributed by atoms with van der Waals surface area (Å²) in [7, 11) is 1.34. The average molecular weight is 342 g/mol. The van der Waals surface area contributed by atoms with Gasteiger partial charge in [0.2, 0.25) is 0 Å². The first-order chi connectivity index (χ1) is 12.0. The van der Waals surface area contributed by atoms with Crippen molar-refractivity contribution in [1.29, 1.82) is 0 Å². The van der Waals surface area contributed by atoms with Crippen LogP contribution in [0.3, 0.4) is 0 Å². The van der Waals surface area contributed by atoms with Gasteiger partial charge in [0.15, 0.2) is 5.60 Å². The van der Waals surface area contributed by atoms with Crippen LogP contribution in [0.1, 0.15) is 28.9 Å². The maximum atomic E-state index is 11.8. The summed E-state index contributed by atoms with van der Waals surface area (Å²) in [6, 6.07) is 9.20. The summed E-state index contributed by atoms with van der Waals surface area (Å²) in [6.45, 7) is 0.819. The lowest BCUT2D eigenvalue weighted by atomic mass is 9.86. The predicted octanol–water partition coefficient (Wildman–Crippen LogP) is 2.63. The van der Waals surface area contributed by atoms with E-state index >= 15 is 0 Å². The fraction of sp³-hybridized carbons (Fsp3) is 0.333. The van der Waals surface area contributed by atoms with Crippen molar-refractivity contribution in [1.82, 2.24) is 9.47 Å². The first-order valence-electron chi connectivity index (χ1n) is 8.11. The third-order valence-electron chi connectivity index (χ3n) is 5.00. The first-order valence-corrected chi connectivity index (χ1v) is 8.11. The molecule has 1 saturated heterocycles. The van der Waals surface area contributed by atoms with Gasteiger partial charge in [0.05, 0.1) is 24.1 Å². The van der Waals surface area contributed by atoms with Crippen molar-refractivity contribution in [2.24, 2.45) is 0 Å². The average Bonchev–Trinajstić information content (AvgIpc) is 3.12. The van der Waals surface area contributed by atoms with E-state index in [0.717, 1.165) is 11.4 Å². The molecule has 25 heavy (non-hydrogen) atoms. The summed E-state index contributed by atoms with van der Waals surface area (Å²) in [4.78, 5) is 24.4. The maximum absolute atomic E-state index is 11.8. The molecule has 2 aliphatic heterocycles. The third kappa shape index (κ3) is 2.34. The van der Waals surface area contributed by atoms with Crippen molar-refractivity contribution >= 4 is 12.1 Å². The fourth-order valence-corrected chi connectivity index (χ4v) is 3.68. The third-order valence-corrected chi connectivity index (χ3v) is 5.00. The summed E-state index contributed by atoms with van der Waals surface area (Å²) >= 11 is 0. The van der Waals surface area contributed by atoms with Gasteiger partial charge in [-0.25, -0.2) is 9.59 Å². The lowest BCUT2D eigenvalue weighted by molar-refractivity contribution is -0.00906. The van der Waals surface area contributed by atoms with E-state index in [4.69, 9.17) is 9.47 Å². The molecule has 4 rings (SSSR count). The van der Waals surface area contributed by atoms with Crippen LogP contribution in [0.5, 0.6) is 5.75 Å². The number of carboxylic acid groups (broad SMARTS) is 1. The highest BCUT2D eigenvalue weighted by atomic mass is 16.5. The maximum Gasteiger partial charge on any atom is 0.407 e. The number of ether oxygens (including phenoxy) is 2. The second-order valence-corrected chi connectivity index (χ2v) is 6.30. The van der Waals surface area contributed by atoms with E-state index in [9.17, 15) is 14.7 Å². The van der Waals surface area contributed by atoms with Gasteiger partial charge in [-0.05, 0) is 30.3 Å². The van der Waals surface area contributed by atoms with Crippen LogP contribution < -0.4 is 4.74 Å². The van der Waals surface area contributed by atoms with Gasteiger partial charge in [-0.3, -0.25) is 0 Å². The van der Waals surface area contributed by atoms with Gasteiger partial charge < -0.3 is 24.0 Å². The summed E-state index contributed by atoms with van der Waals surface area (Å²) in [5.41, 5.74) is 1.71. The van der Waals surface area contributed by atoms with Crippen molar-refractivity contribution < 1.29 is 24.2 Å². The molecule has 0 radical (unpaired) electrons. The van der Waals surface area contributed by atoms with Crippen LogP contribution in [-0.2, 0) is 10.3 Å². The van der Waals surface area contributed by atoms with Crippen LogP contribution in [0.15, 0.2) is 36.5 Å². The molecular weight excluding hydrogens is 324 g/mol. The number of esters is 1. The molecule has 7 nitrogen and oxygen atoms in total. The predicted molar refractivity (Wildman–Crippen MR) is 88.2 cm³/mol. The van der Waals surface area contributed by atoms with Crippen molar-refractivity contribution in [2.75, 3.05) is 20.2 Å². The minimum Gasteiger partial charge on any atom is -0.479 e. The van der Waals surface area contributed by atoms with Crippen molar-refractivity contribution in [3.8, 4) is 11.4 Å². The molecule has 1 N–H and O–H groups in total. The molecule has 1 fully saturated rings. The van der Waals surface area contributed by atoms with Gasteiger partial charge in [0.25, 0.3) is 0 Å². The van der Waals surface area contributed by atoms with Crippen molar-refractivity contribution in [3.05, 3.63) is 47.8 Å². The molecule has 1 aromatic carbocycles.